The van der Waals surface area contributed by atoms with E-state index < -0.39 is 0 Å². The van der Waals surface area contributed by atoms with E-state index in [0.29, 0.717) is 12.5 Å². The molecule has 20 heavy (non-hydrogen) atoms. The fourth-order valence-corrected chi connectivity index (χ4v) is 2.05. The van der Waals surface area contributed by atoms with Crippen molar-refractivity contribution in [2.75, 3.05) is 11.9 Å². The van der Waals surface area contributed by atoms with Crippen molar-refractivity contribution >= 4 is 5.82 Å². The first-order valence-corrected chi connectivity index (χ1v) is 6.91. The van der Waals surface area contributed by atoms with Crippen LogP contribution in [0, 0.1) is 0 Å². The summed E-state index contributed by atoms with van der Waals surface area (Å²) in [5, 5.41) is 0. The van der Waals surface area contributed by atoms with Crippen LogP contribution in [-0.2, 0) is 13.1 Å². The molecule has 0 spiro atoms. The Morgan fingerprint density at radius 1 is 1.15 bits per heavy atom. The van der Waals surface area contributed by atoms with Crippen molar-refractivity contribution in [3.8, 4) is 0 Å². The van der Waals surface area contributed by atoms with Crippen LogP contribution in [0.1, 0.15) is 36.6 Å². The predicted octanol–water partition coefficient (Wildman–Crippen LogP) is 2.70. The molecular formula is C16H22N4. The fraction of sp³-hybridized carbons (Fsp3) is 0.375. The summed E-state index contributed by atoms with van der Waals surface area (Å²) >= 11 is 0. The van der Waals surface area contributed by atoms with E-state index in [4.69, 9.17) is 10.7 Å². The minimum atomic E-state index is 0.398. The third-order valence-corrected chi connectivity index (χ3v) is 3.28. The van der Waals surface area contributed by atoms with Gasteiger partial charge in [-0.3, -0.25) is 4.98 Å². The first-order chi connectivity index (χ1) is 9.60. The highest BCUT2D eigenvalue weighted by Crippen LogP contribution is 2.20. The molecule has 2 rings (SSSR count). The minimum Gasteiger partial charge on any atom is -0.355 e. The van der Waals surface area contributed by atoms with E-state index in [9.17, 15) is 0 Å². The van der Waals surface area contributed by atoms with Crippen LogP contribution in [0.3, 0.4) is 0 Å². The molecule has 4 heteroatoms. The zero-order valence-electron chi connectivity index (χ0n) is 12.4. The SMILES string of the molecule is CC(C)c1cc(CN)cc(N(C)Cc2ccncc2)n1. The summed E-state index contributed by atoms with van der Waals surface area (Å²) in [4.78, 5) is 10.9. The van der Waals surface area contributed by atoms with E-state index in [2.05, 4.69) is 35.9 Å². The molecule has 0 aliphatic heterocycles. The molecule has 0 fully saturated rings. The topological polar surface area (TPSA) is 55.0 Å². The first-order valence-electron chi connectivity index (χ1n) is 6.91. The van der Waals surface area contributed by atoms with E-state index in [0.717, 1.165) is 23.6 Å². The lowest BCUT2D eigenvalue weighted by Crippen LogP contribution is -2.19. The number of nitrogens with zero attached hydrogens (tertiary/aromatic N) is 3. The summed E-state index contributed by atoms with van der Waals surface area (Å²) in [5.41, 5.74) is 9.21. The molecule has 0 radical (unpaired) electrons. The maximum absolute atomic E-state index is 5.79. The van der Waals surface area contributed by atoms with Crippen LogP contribution < -0.4 is 10.6 Å². The smallest absolute Gasteiger partial charge is 0.129 e. The Labute approximate surface area is 120 Å². The van der Waals surface area contributed by atoms with Gasteiger partial charge in [-0.2, -0.15) is 0 Å². The van der Waals surface area contributed by atoms with Crippen LogP contribution in [0.2, 0.25) is 0 Å². The highest BCUT2D eigenvalue weighted by molar-refractivity contribution is 5.43. The van der Waals surface area contributed by atoms with Crippen molar-refractivity contribution in [1.29, 1.82) is 0 Å². The average Bonchev–Trinajstić information content (AvgIpc) is 2.47. The quantitative estimate of drug-likeness (QED) is 0.907. The van der Waals surface area contributed by atoms with Crippen LogP contribution in [0.15, 0.2) is 36.7 Å². The lowest BCUT2D eigenvalue weighted by atomic mass is 10.1. The molecule has 4 nitrogen and oxygen atoms in total. The molecule has 0 unspecified atom stereocenters. The number of hydrogen-bond acceptors (Lipinski definition) is 4. The Balaban J connectivity index is 2.24. The molecule has 2 heterocycles. The summed E-state index contributed by atoms with van der Waals surface area (Å²) in [7, 11) is 2.05. The average molecular weight is 270 g/mol. The monoisotopic (exact) mass is 270 g/mol. The van der Waals surface area contributed by atoms with Gasteiger partial charge in [0.15, 0.2) is 0 Å². The molecule has 0 saturated carbocycles. The summed E-state index contributed by atoms with van der Waals surface area (Å²) < 4.78 is 0. The number of aromatic nitrogens is 2. The summed E-state index contributed by atoms with van der Waals surface area (Å²) in [6, 6.07) is 8.20. The minimum absolute atomic E-state index is 0.398. The third-order valence-electron chi connectivity index (χ3n) is 3.28. The van der Waals surface area contributed by atoms with Crippen molar-refractivity contribution in [2.45, 2.75) is 32.9 Å². The highest BCUT2D eigenvalue weighted by atomic mass is 15.2. The third kappa shape index (κ3) is 3.54. The maximum Gasteiger partial charge on any atom is 0.129 e. The molecule has 0 saturated heterocycles. The van der Waals surface area contributed by atoms with Crippen LogP contribution in [-0.4, -0.2) is 17.0 Å². The number of pyridine rings is 2. The van der Waals surface area contributed by atoms with Gasteiger partial charge in [-0.15, -0.1) is 0 Å². The molecule has 0 aliphatic carbocycles. The Hall–Kier alpha value is -1.94. The normalized spacial score (nSPS) is 10.8. The van der Waals surface area contributed by atoms with E-state index in [1.807, 2.05) is 31.6 Å². The van der Waals surface area contributed by atoms with E-state index >= 15 is 0 Å². The second-order valence-corrected chi connectivity index (χ2v) is 5.33. The van der Waals surface area contributed by atoms with Crippen molar-refractivity contribution in [3.05, 3.63) is 53.5 Å². The van der Waals surface area contributed by atoms with Crippen molar-refractivity contribution < 1.29 is 0 Å². The largest absolute Gasteiger partial charge is 0.355 e. The number of nitrogens with two attached hydrogens (primary N) is 1. The Bertz CT molecular complexity index is 552. The van der Waals surface area contributed by atoms with E-state index in [1.54, 1.807) is 0 Å². The molecule has 0 amide bonds. The zero-order valence-corrected chi connectivity index (χ0v) is 12.4. The lowest BCUT2D eigenvalue weighted by Gasteiger charge is -2.20. The van der Waals surface area contributed by atoms with Gasteiger partial charge < -0.3 is 10.6 Å². The Morgan fingerprint density at radius 3 is 2.45 bits per heavy atom. The van der Waals surface area contributed by atoms with Crippen LogP contribution in [0.5, 0.6) is 0 Å². The van der Waals surface area contributed by atoms with Crippen molar-refractivity contribution in [3.63, 3.8) is 0 Å². The summed E-state index contributed by atoms with van der Waals surface area (Å²) in [5.74, 6) is 1.36. The first kappa shape index (κ1) is 14.5. The van der Waals surface area contributed by atoms with Gasteiger partial charge in [-0.1, -0.05) is 13.8 Å². The molecule has 2 aromatic rings. The molecule has 0 aromatic carbocycles. The van der Waals surface area contributed by atoms with E-state index in [-0.39, 0.29) is 0 Å². The van der Waals surface area contributed by atoms with E-state index in [1.165, 1.54) is 5.56 Å². The predicted molar refractivity (Wildman–Crippen MR) is 82.6 cm³/mol. The van der Waals surface area contributed by atoms with Gasteiger partial charge in [-0.25, -0.2) is 4.98 Å². The van der Waals surface area contributed by atoms with Gasteiger partial charge in [0, 0.05) is 38.2 Å². The van der Waals surface area contributed by atoms with Gasteiger partial charge in [0.05, 0.1) is 0 Å². The van der Waals surface area contributed by atoms with Crippen LogP contribution in [0.4, 0.5) is 5.82 Å². The van der Waals surface area contributed by atoms with Gasteiger partial charge >= 0.3 is 0 Å². The summed E-state index contributed by atoms with van der Waals surface area (Å²) in [6.07, 6.45) is 3.62. The standard InChI is InChI=1S/C16H22N4/c1-12(2)15-8-14(10-17)9-16(19-15)20(3)11-13-4-6-18-7-5-13/h4-9,12H,10-11,17H2,1-3H3. The number of anilines is 1. The Kier molecular flexibility index (Phi) is 4.69. The fourth-order valence-electron chi connectivity index (χ4n) is 2.05. The molecule has 0 bridgehead atoms. The lowest BCUT2D eigenvalue weighted by molar-refractivity contribution is 0.799. The molecule has 2 aromatic heterocycles. The van der Waals surface area contributed by atoms with Gasteiger partial charge in [0.2, 0.25) is 0 Å². The molecule has 106 valence electrons. The molecular weight excluding hydrogens is 248 g/mol. The maximum atomic E-state index is 5.79. The Morgan fingerprint density at radius 2 is 1.85 bits per heavy atom. The van der Waals surface area contributed by atoms with Crippen LogP contribution >= 0.6 is 0 Å². The van der Waals surface area contributed by atoms with Gasteiger partial charge in [0.1, 0.15) is 5.82 Å². The summed E-state index contributed by atoms with van der Waals surface area (Å²) in [6.45, 7) is 5.64. The number of hydrogen-bond donors (Lipinski definition) is 1. The molecule has 0 atom stereocenters. The van der Waals surface area contributed by atoms with Gasteiger partial charge in [-0.05, 0) is 41.3 Å². The van der Waals surface area contributed by atoms with Crippen LogP contribution in [0.25, 0.3) is 0 Å². The van der Waals surface area contributed by atoms with Gasteiger partial charge in [0.25, 0.3) is 0 Å². The highest BCUT2D eigenvalue weighted by Gasteiger charge is 2.09. The second kappa shape index (κ2) is 6.48. The second-order valence-electron chi connectivity index (χ2n) is 5.33. The molecule has 2 N–H and O–H groups in total. The van der Waals surface area contributed by atoms with Crippen molar-refractivity contribution in [2.24, 2.45) is 5.73 Å². The number of rotatable bonds is 5. The van der Waals surface area contributed by atoms with Crippen molar-refractivity contribution in [1.82, 2.24) is 9.97 Å². The molecule has 0 aliphatic rings. The zero-order chi connectivity index (χ0) is 14.5.